The van der Waals surface area contributed by atoms with E-state index >= 15 is 0 Å². The highest BCUT2D eigenvalue weighted by Crippen LogP contribution is 2.65. The number of alkyl halides is 3. The third kappa shape index (κ3) is 6.31. The molecule has 11 nitrogen and oxygen atoms in total. The van der Waals surface area contributed by atoms with Crippen molar-refractivity contribution in [2.24, 2.45) is 34.3 Å². The van der Waals surface area contributed by atoms with E-state index in [0.29, 0.717) is 11.3 Å². The number of carbonyl (C=O) groups excluding carboxylic acids is 5. The van der Waals surface area contributed by atoms with Gasteiger partial charge in [-0.25, -0.2) is 4.79 Å². The molecule has 2 aliphatic carbocycles. The van der Waals surface area contributed by atoms with E-state index in [4.69, 9.17) is 5.73 Å². The Morgan fingerprint density at radius 1 is 1.14 bits per heavy atom. The van der Waals surface area contributed by atoms with E-state index in [1.54, 1.807) is 20.8 Å². The first-order chi connectivity index (χ1) is 19.2. The van der Waals surface area contributed by atoms with Crippen LogP contribution in [0.5, 0.6) is 0 Å². The lowest BCUT2D eigenvalue weighted by molar-refractivity contribution is -0.145. The smallest absolute Gasteiger partial charge is 0.368 e. The molecule has 2 aliphatic heterocycles. The van der Waals surface area contributed by atoms with Crippen LogP contribution in [0, 0.1) is 28.6 Å². The van der Waals surface area contributed by atoms with Crippen LogP contribution in [-0.2, 0) is 19.2 Å². The van der Waals surface area contributed by atoms with Crippen LogP contribution in [0.25, 0.3) is 0 Å². The average molecular weight is 601 g/mol. The minimum atomic E-state index is -4.62. The number of urea groups is 1. The molecule has 6 amide bonds. The summed E-state index contributed by atoms with van der Waals surface area (Å²) in [5, 5.41) is 8.15. The Labute approximate surface area is 243 Å². The molecule has 236 valence electrons. The molecule has 2 saturated heterocycles. The van der Waals surface area contributed by atoms with Crippen molar-refractivity contribution in [1.82, 2.24) is 25.8 Å². The highest BCUT2D eigenvalue weighted by atomic mass is 19.4. The number of likely N-dealkylation sites (tertiary alicyclic amines) is 1. The van der Waals surface area contributed by atoms with Crippen molar-refractivity contribution in [3.05, 3.63) is 0 Å². The van der Waals surface area contributed by atoms with Gasteiger partial charge in [0.25, 0.3) is 0 Å². The van der Waals surface area contributed by atoms with Crippen LogP contribution in [-0.4, -0.2) is 88.9 Å². The van der Waals surface area contributed by atoms with Gasteiger partial charge in [-0.15, -0.1) is 0 Å². The molecule has 2 heterocycles. The Bertz CT molecular complexity index is 1150. The predicted molar refractivity (Wildman–Crippen MR) is 145 cm³/mol. The van der Waals surface area contributed by atoms with E-state index in [1.165, 1.54) is 11.8 Å². The maximum atomic E-state index is 14.0. The normalized spacial score (nSPS) is 28.4. The van der Waals surface area contributed by atoms with Gasteiger partial charge in [0.05, 0.1) is 0 Å². The Hall–Kier alpha value is -3.06. The molecule has 0 aromatic heterocycles. The second kappa shape index (κ2) is 10.6. The third-order valence-electron chi connectivity index (χ3n) is 9.61. The molecule has 5 N–H and O–H groups in total. The number of carbonyl (C=O) groups is 5. The van der Waals surface area contributed by atoms with Crippen molar-refractivity contribution in [1.29, 1.82) is 0 Å². The van der Waals surface area contributed by atoms with Crippen molar-refractivity contribution in [3.8, 4) is 0 Å². The van der Waals surface area contributed by atoms with Crippen LogP contribution in [0.1, 0.15) is 67.2 Å². The summed E-state index contributed by atoms with van der Waals surface area (Å²) in [5.41, 5.74) is 4.24. The van der Waals surface area contributed by atoms with E-state index in [1.807, 2.05) is 13.8 Å². The zero-order valence-corrected chi connectivity index (χ0v) is 25.1. The molecular weight excluding hydrogens is 557 g/mol. The molecule has 14 heteroatoms. The van der Waals surface area contributed by atoms with Gasteiger partial charge >= 0.3 is 12.2 Å². The Morgan fingerprint density at radius 3 is 2.24 bits per heavy atom. The summed E-state index contributed by atoms with van der Waals surface area (Å²) >= 11 is 0. The molecule has 6 atom stereocenters. The van der Waals surface area contributed by atoms with Crippen molar-refractivity contribution in [3.63, 3.8) is 0 Å². The molecule has 4 rings (SSSR count). The summed E-state index contributed by atoms with van der Waals surface area (Å²) in [5.74, 6) is -2.87. The maximum Gasteiger partial charge on any atom is 0.406 e. The molecular formula is C28H43F3N6O5. The minimum absolute atomic E-state index is 0.0201. The lowest BCUT2D eigenvalue weighted by Crippen LogP contribution is -2.62. The highest BCUT2D eigenvalue weighted by Gasteiger charge is 2.70. The second-order valence-electron chi connectivity index (χ2n) is 14.1. The summed E-state index contributed by atoms with van der Waals surface area (Å²) < 4.78 is 39.1. The summed E-state index contributed by atoms with van der Waals surface area (Å²) in [7, 11) is 0. The molecule has 3 unspecified atom stereocenters. The first-order valence-corrected chi connectivity index (χ1v) is 14.5. The van der Waals surface area contributed by atoms with Gasteiger partial charge in [0.1, 0.15) is 24.7 Å². The van der Waals surface area contributed by atoms with Gasteiger partial charge < -0.3 is 31.5 Å². The number of hydrogen-bond acceptors (Lipinski definition) is 5. The van der Waals surface area contributed by atoms with E-state index in [2.05, 4.69) is 16.0 Å². The van der Waals surface area contributed by atoms with E-state index < -0.39 is 65.9 Å². The van der Waals surface area contributed by atoms with E-state index in [-0.39, 0.29) is 48.2 Å². The van der Waals surface area contributed by atoms with Gasteiger partial charge in [-0.1, -0.05) is 34.6 Å². The predicted octanol–water partition coefficient (Wildman–Crippen LogP) is 1.51. The quantitative estimate of drug-likeness (QED) is 0.316. The molecule has 1 spiro atoms. The lowest BCUT2D eigenvalue weighted by atomic mass is 9.85. The van der Waals surface area contributed by atoms with E-state index in [0.717, 1.165) is 12.8 Å². The Balaban J connectivity index is 1.52. The van der Waals surface area contributed by atoms with Crippen molar-refractivity contribution >= 4 is 29.7 Å². The number of nitrogens with two attached hydrogens (primary N) is 1. The molecule has 0 radical (unpaired) electrons. The van der Waals surface area contributed by atoms with Crippen LogP contribution in [0.15, 0.2) is 0 Å². The minimum Gasteiger partial charge on any atom is -0.368 e. The summed E-state index contributed by atoms with van der Waals surface area (Å²) in [6.07, 6.45) is -2.27. The van der Waals surface area contributed by atoms with Crippen molar-refractivity contribution in [2.75, 3.05) is 19.6 Å². The number of fused-ring (bicyclic) bond motifs is 1. The zero-order valence-electron chi connectivity index (χ0n) is 25.1. The summed E-state index contributed by atoms with van der Waals surface area (Å²) in [6, 6.07) is -4.37. The molecule has 0 aromatic carbocycles. The van der Waals surface area contributed by atoms with Crippen molar-refractivity contribution in [2.45, 2.75) is 97.1 Å². The molecule has 42 heavy (non-hydrogen) atoms. The number of nitrogens with one attached hydrogen (secondary N) is 3. The molecule has 4 fully saturated rings. The molecule has 4 aliphatic rings. The first-order valence-electron chi connectivity index (χ1n) is 14.5. The number of halogens is 3. The van der Waals surface area contributed by atoms with Gasteiger partial charge in [0, 0.05) is 24.5 Å². The van der Waals surface area contributed by atoms with Gasteiger partial charge in [-0.2, -0.15) is 13.2 Å². The van der Waals surface area contributed by atoms with Gasteiger partial charge in [0.15, 0.2) is 0 Å². The number of primary amides is 1. The first kappa shape index (κ1) is 31.9. The lowest BCUT2D eigenvalue weighted by Gasteiger charge is -2.38. The standard InChI is InChI=1S/C28H43F3N6O5/c1-7-36(13-28(29,30)31)24(42)34-19(25(2,3)4)23(41)37-12-15-17(26(15,5)6)18(37)22(40)33-16(20(32)38)10-14-11-27(8-9-27)35-21(14)39/h14-19H,7-13H2,1-6H3,(H2,32,38)(H,33,40)(H,34,42)(H,35,39)/t14-,15?,16+,17?,18?,19-/m1/s1. The summed E-state index contributed by atoms with van der Waals surface area (Å²) in [4.78, 5) is 67.4. The fraction of sp³-hybridized carbons (Fsp3) is 0.821. The topological polar surface area (TPSA) is 154 Å². The highest BCUT2D eigenvalue weighted by molar-refractivity contribution is 5.96. The average Bonchev–Trinajstić information content (AvgIpc) is 3.57. The number of amides is 6. The Kier molecular flexibility index (Phi) is 8.03. The maximum absolute atomic E-state index is 14.0. The molecule has 0 bridgehead atoms. The van der Waals surface area contributed by atoms with Crippen molar-refractivity contribution < 1.29 is 37.1 Å². The number of nitrogens with zero attached hydrogens (tertiary/aromatic N) is 2. The fourth-order valence-electron chi connectivity index (χ4n) is 6.82. The van der Waals surface area contributed by atoms with Crippen LogP contribution in [0.2, 0.25) is 0 Å². The SMILES string of the molecule is CCN(CC(F)(F)F)C(=O)N[C@H](C(=O)N1CC2C(C1C(=O)N[C@@H](C[C@@H]1CC3(CC3)NC1=O)C(N)=O)C2(C)C)C(C)(C)C. The Morgan fingerprint density at radius 2 is 1.76 bits per heavy atom. The second-order valence-corrected chi connectivity index (χ2v) is 14.1. The van der Waals surface area contributed by atoms with E-state index in [9.17, 15) is 37.1 Å². The third-order valence-corrected chi connectivity index (χ3v) is 9.61. The van der Waals surface area contributed by atoms with Crippen LogP contribution >= 0.6 is 0 Å². The van der Waals surface area contributed by atoms with Gasteiger partial charge in [0.2, 0.25) is 23.6 Å². The number of rotatable bonds is 9. The van der Waals surface area contributed by atoms with Crippen LogP contribution in [0.3, 0.4) is 0 Å². The fourth-order valence-corrected chi connectivity index (χ4v) is 6.82. The number of piperidine rings is 1. The monoisotopic (exact) mass is 600 g/mol. The molecule has 0 aromatic rings. The van der Waals surface area contributed by atoms with Gasteiger partial charge in [-0.05, 0) is 55.3 Å². The van der Waals surface area contributed by atoms with Gasteiger partial charge in [-0.3, -0.25) is 19.2 Å². The van der Waals surface area contributed by atoms with Crippen LogP contribution < -0.4 is 21.7 Å². The summed E-state index contributed by atoms with van der Waals surface area (Å²) in [6.45, 7) is 8.91. The zero-order chi connectivity index (χ0) is 31.6. The number of hydrogen-bond donors (Lipinski definition) is 4. The van der Waals surface area contributed by atoms with Crippen LogP contribution in [0.4, 0.5) is 18.0 Å². The largest absolute Gasteiger partial charge is 0.406 e. The molecule has 2 saturated carbocycles.